The topological polar surface area (TPSA) is 66.8 Å². The molecule has 20 heavy (non-hydrogen) atoms. The molecule has 1 amide bonds. The molecule has 5 nitrogen and oxygen atoms in total. The molecule has 2 aliphatic rings. The fraction of sp³-hybridized carbons (Fsp3) is 0.800. The number of halogens is 5. The number of piperidine rings is 1. The largest absolute Gasteiger partial charge is 0.481 e. The summed E-state index contributed by atoms with van der Waals surface area (Å²) < 4.78 is 70.0. The van der Waals surface area contributed by atoms with Gasteiger partial charge in [-0.25, -0.2) is 8.78 Å². The summed E-state index contributed by atoms with van der Waals surface area (Å²) in [6.45, 7) is -3.65. The molecule has 2 unspecified atom stereocenters. The van der Waals surface area contributed by atoms with Gasteiger partial charge in [-0.05, 0) is 0 Å². The summed E-state index contributed by atoms with van der Waals surface area (Å²) in [5.41, 5.74) is -2.84. The fourth-order valence-corrected chi connectivity index (χ4v) is 2.55. The molecule has 0 radical (unpaired) electrons. The van der Waals surface area contributed by atoms with E-state index >= 15 is 0 Å². The quantitative estimate of drug-likeness (QED) is 0.726. The Kier molecular flexibility index (Phi) is 3.19. The second-order valence-electron chi connectivity index (χ2n) is 4.91. The maximum Gasteiger partial charge on any atom is 0.471 e. The monoisotopic (exact) mass is 303 g/mol. The fourth-order valence-electron chi connectivity index (χ4n) is 2.55. The molecule has 2 saturated heterocycles. The first-order valence-electron chi connectivity index (χ1n) is 5.57. The zero-order chi connectivity index (χ0) is 15.3. The first kappa shape index (κ1) is 14.9. The van der Waals surface area contributed by atoms with Gasteiger partial charge in [-0.1, -0.05) is 0 Å². The lowest BCUT2D eigenvalue weighted by Crippen LogP contribution is -2.70. The Morgan fingerprint density at radius 2 is 1.90 bits per heavy atom. The van der Waals surface area contributed by atoms with E-state index in [0.717, 1.165) is 0 Å². The predicted octanol–water partition coefficient (Wildman–Crippen LogP) is 0.744. The lowest BCUT2D eigenvalue weighted by molar-refractivity contribution is -0.269. The Hall–Kier alpha value is -1.45. The summed E-state index contributed by atoms with van der Waals surface area (Å²) in [6, 6.07) is 0. The summed E-state index contributed by atoms with van der Waals surface area (Å²) in [5.74, 6) is -9.80. The third-order valence-corrected chi connectivity index (χ3v) is 3.66. The minimum atomic E-state index is -5.23. The highest BCUT2D eigenvalue weighted by atomic mass is 19.4. The van der Waals surface area contributed by atoms with Gasteiger partial charge in [0.25, 0.3) is 5.92 Å². The molecule has 0 aromatic heterocycles. The molecule has 2 atom stereocenters. The van der Waals surface area contributed by atoms with Crippen molar-refractivity contribution in [2.45, 2.75) is 12.1 Å². The van der Waals surface area contributed by atoms with Crippen LogP contribution in [0.3, 0.4) is 0 Å². The minimum absolute atomic E-state index is 0.124. The van der Waals surface area contributed by atoms with Crippen LogP contribution in [0, 0.1) is 11.3 Å². The summed E-state index contributed by atoms with van der Waals surface area (Å²) in [4.78, 5) is 22.4. The first-order chi connectivity index (χ1) is 9.02. The number of nitrogens with zero attached hydrogens (tertiary/aromatic N) is 1. The van der Waals surface area contributed by atoms with E-state index in [4.69, 9.17) is 9.84 Å². The second-order valence-corrected chi connectivity index (χ2v) is 4.91. The molecular weight excluding hydrogens is 293 g/mol. The number of rotatable bonds is 1. The SMILES string of the molecule is O=C(N1CC2COCC(C(=O)O)(C1)C2(F)F)C(F)(F)F. The average molecular weight is 303 g/mol. The Morgan fingerprint density at radius 1 is 1.30 bits per heavy atom. The van der Waals surface area contributed by atoms with Gasteiger partial charge in [0.15, 0.2) is 5.41 Å². The molecule has 2 aliphatic heterocycles. The number of likely N-dealkylation sites (tertiary alicyclic amines) is 1. The van der Waals surface area contributed by atoms with Crippen LogP contribution in [0.4, 0.5) is 22.0 Å². The van der Waals surface area contributed by atoms with Gasteiger partial charge < -0.3 is 14.7 Å². The van der Waals surface area contributed by atoms with E-state index in [9.17, 15) is 31.5 Å². The Labute approximate surface area is 109 Å². The molecule has 1 N–H and O–H groups in total. The molecule has 2 bridgehead atoms. The number of carbonyl (C=O) groups is 2. The first-order valence-corrected chi connectivity index (χ1v) is 5.57. The van der Waals surface area contributed by atoms with E-state index in [0.29, 0.717) is 0 Å². The number of fused-ring (bicyclic) bond motifs is 2. The normalized spacial score (nSPS) is 32.9. The number of hydrogen-bond donors (Lipinski definition) is 1. The van der Waals surface area contributed by atoms with Gasteiger partial charge in [-0.2, -0.15) is 13.2 Å². The van der Waals surface area contributed by atoms with Crippen LogP contribution >= 0.6 is 0 Å². The van der Waals surface area contributed by atoms with E-state index in [1.54, 1.807) is 0 Å². The molecule has 10 heteroatoms. The number of alkyl halides is 5. The van der Waals surface area contributed by atoms with Gasteiger partial charge in [0.05, 0.1) is 19.1 Å². The highest BCUT2D eigenvalue weighted by Crippen LogP contribution is 2.50. The van der Waals surface area contributed by atoms with Crippen LogP contribution in [0.5, 0.6) is 0 Å². The predicted molar refractivity (Wildman–Crippen MR) is 52.0 cm³/mol. The van der Waals surface area contributed by atoms with Gasteiger partial charge in [-0.3, -0.25) is 9.59 Å². The molecular formula is C10H10F5NO4. The summed E-state index contributed by atoms with van der Waals surface area (Å²) in [5, 5.41) is 9.00. The van der Waals surface area contributed by atoms with Crippen LogP contribution in [-0.4, -0.2) is 60.3 Å². The van der Waals surface area contributed by atoms with Crippen LogP contribution in [-0.2, 0) is 14.3 Å². The number of carboxylic acids is 1. The number of ether oxygens (including phenoxy) is 1. The van der Waals surface area contributed by atoms with Gasteiger partial charge in [-0.15, -0.1) is 0 Å². The van der Waals surface area contributed by atoms with E-state index in [-0.39, 0.29) is 4.90 Å². The number of carboxylic acid groups (broad SMARTS) is 1. The zero-order valence-corrected chi connectivity index (χ0v) is 9.91. The van der Waals surface area contributed by atoms with Crippen molar-refractivity contribution in [1.29, 1.82) is 0 Å². The molecule has 0 spiro atoms. The number of carbonyl (C=O) groups excluding carboxylic acids is 1. The summed E-state index contributed by atoms with van der Waals surface area (Å²) in [7, 11) is 0. The van der Waals surface area contributed by atoms with Crippen LogP contribution in [0.25, 0.3) is 0 Å². The summed E-state index contributed by atoms with van der Waals surface area (Å²) >= 11 is 0. The van der Waals surface area contributed by atoms with Crippen LogP contribution in [0.15, 0.2) is 0 Å². The van der Waals surface area contributed by atoms with Crippen LogP contribution in [0.1, 0.15) is 0 Å². The Morgan fingerprint density at radius 3 is 2.40 bits per heavy atom. The molecule has 0 saturated carbocycles. The molecule has 2 fully saturated rings. The third kappa shape index (κ3) is 1.93. The van der Waals surface area contributed by atoms with Crippen LogP contribution in [0.2, 0.25) is 0 Å². The number of aliphatic carboxylic acids is 1. The van der Waals surface area contributed by atoms with E-state index in [1.807, 2.05) is 0 Å². The van der Waals surface area contributed by atoms with Crippen molar-refractivity contribution in [3.8, 4) is 0 Å². The highest BCUT2D eigenvalue weighted by molar-refractivity contribution is 5.84. The van der Waals surface area contributed by atoms with Crippen molar-refractivity contribution in [2.75, 3.05) is 26.3 Å². The lowest BCUT2D eigenvalue weighted by Gasteiger charge is -2.51. The molecule has 0 aromatic rings. The number of amides is 1. The highest BCUT2D eigenvalue weighted by Gasteiger charge is 2.70. The maximum atomic E-state index is 14.1. The smallest absolute Gasteiger partial charge is 0.471 e. The second kappa shape index (κ2) is 4.27. The van der Waals surface area contributed by atoms with E-state index in [2.05, 4.69) is 0 Å². The van der Waals surface area contributed by atoms with Crippen LogP contribution < -0.4 is 0 Å². The van der Waals surface area contributed by atoms with Gasteiger partial charge >= 0.3 is 18.1 Å². The standard InChI is InChI=1S/C10H10F5NO4/c11-9(12)5-1-16(6(17)10(13,14)15)3-8(9,7(18)19)4-20-2-5/h5H,1-4H2,(H,18,19). The zero-order valence-electron chi connectivity index (χ0n) is 9.91. The van der Waals surface area contributed by atoms with E-state index in [1.165, 1.54) is 0 Å². The van der Waals surface area contributed by atoms with Gasteiger partial charge in [0, 0.05) is 13.1 Å². The van der Waals surface area contributed by atoms with Gasteiger partial charge in [0.2, 0.25) is 0 Å². The minimum Gasteiger partial charge on any atom is -0.481 e. The third-order valence-electron chi connectivity index (χ3n) is 3.66. The molecule has 114 valence electrons. The van der Waals surface area contributed by atoms with Crippen molar-refractivity contribution >= 4 is 11.9 Å². The molecule has 2 heterocycles. The van der Waals surface area contributed by atoms with Crippen molar-refractivity contribution in [3.63, 3.8) is 0 Å². The Balaban J connectivity index is 2.38. The lowest BCUT2D eigenvalue weighted by atomic mass is 9.70. The average Bonchev–Trinajstić information content (AvgIpc) is 2.25. The van der Waals surface area contributed by atoms with E-state index < -0.39 is 61.6 Å². The van der Waals surface area contributed by atoms with Gasteiger partial charge in [0.1, 0.15) is 0 Å². The molecule has 0 aliphatic carbocycles. The molecule has 2 rings (SSSR count). The Bertz CT molecular complexity index is 451. The van der Waals surface area contributed by atoms with Crippen molar-refractivity contribution < 1.29 is 41.4 Å². The number of hydrogen-bond acceptors (Lipinski definition) is 3. The van der Waals surface area contributed by atoms with Crippen molar-refractivity contribution in [1.82, 2.24) is 4.90 Å². The maximum absolute atomic E-state index is 14.1. The summed E-state index contributed by atoms with van der Waals surface area (Å²) in [6.07, 6.45) is -5.23. The molecule has 0 aromatic carbocycles. The van der Waals surface area contributed by atoms with Crippen molar-refractivity contribution in [2.24, 2.45) is 11.3 Å². The van der Waals surface area contributed by atoms with Crippen molar-refractivity contribution in [3.05, 3.63) is 0 Å².